The summed E-state index contributed by atoms with van der Waals surface area (Å²) >= 11 is 0. The standard InChI is InChI=1S/C14H22N2O/c1-4-14(17)10-6-5-7-11-8-9-12(16(2)3)15-13(11)14/h8-9,17H,4-7,10H2,1-3H3. The summed E-state index contributed by atoms with van der Waals surface area (Å²) in [5.74, 6) is 0.928. The topological polar surface area (TPSA) is 36.4 Å². The maximum atomic E-state index is 10.7. The largest absolute Gasteiger partial charge is 0.384 e. The Bertz CT molecular complexity index is 403. The van der Waals surface area contributed by atoms with E-state index in [1.165, 1.54) is 5.56 Å². The van der Waals surface area contributed by atoms with Crippen LogP contribution in [-0.2, 0) is 12.0 Å². The molecule has 1 heterocycles. The van der Waals surface area contributed by atoms with Gasteiger partial charge in [0.05, 0.1) is 5.69 Å². The van der Waals surface area contributed by atoms with Crippen molar-refractivity contribution >= 4 is 5.82 Å². The fourth-order valence-corrected chi connectivity index (χ4v) is 2.53. The summed E-state index contributed by atoms with van der Waals surface area (Å²) in [5.41, 5.74) is 1.40. The minimum atomic E-state index is -0.724. The number of aromatic nitrogens is 1. The van der Waals surface area contributed by atoms with Gasteiger partial charge in [0.1, 0.15) is 11.4 Å². The van der Waals surface area contributed by atoms with Gasteiger partial charge in [0, 0.05) is 14.1 Å². The molecule has 2 rings (SSSR count). The smallest absolute Gasteiger partial charge is 0.128 e. The first-order chi connectivity index (χ1) is 8.07. The van der Waals surface area contributed by atoms with Gasteiger partial charge in [-0.3, -0.25) is 0 Å². The fraction of sp³-hybridized carbons (Fsp3) is 0.643. The lowest BCUT2D eigenvalue weighted by atomic mass is 9.90. The molecular formula is C14H22N2O. The first kappa shape index (κ1) is 12.4. The highest BCUT2D eigenvalue weighted by molar-refractivity contribution is 5.42. The molecule has 1 aromatic heterocycles. The number of hydrogen-bond donors (Lipinski definition) is 1. The predicted molar refractivity (Wildman–Crippen MR) is 70.3 cm³/mol. The molecule has 0 bridgehead atoms. The van der Waals surface area contributed by atoms with Crippen molar-refractivity contribution in [2.45, 2.75) is 44.6 Å². The average Bonchev–Trinajstić information content (AvgIpc) is 2.49. The number of aliphatic hydroxyl groups is 1. The van der Waals surface area contributed by atoms with Gasteiger partial charge in [-0.25, -0.2) is 4.98 Å². The Morgan fingerprint density at radius 3 is 2.76 bits per heavy atom. The lowest BCUT2D eigenvalue weighted by Gasteiger charge is -2.27. The van der Waals surface area contributed by atoms with E-state index in [0.29, 0.717) is 0 Å². The number of aryl methyl sites for hydroxylation is 1. The van der Waals surface area contributed by atoms with E-state index in [0.717, 1.165) is 43.6 Å². The predicted octanol–water partition coefficient (Wildman–Crippen LogP) is 2.47. The number of pyridine rings is 1. The molecule has 1 unspecified atom stereocenters. The van der Waals surface area contributed by atoms with Crippen LogP contribution in [0.5, 0.6) is 0 Å². The van der Waals surface area contributed by atoms with Gasteiger partial charge < -0.3 is 10.0 Å². The molecule has 0 saturated heterocycles. The molecule has 0 amide bonds. The van der Waals surface area contributed by atoms with Crippen molar-refractivity contribution < 1.29 is 5.11 Å². The second-order valence-electron chi connectivity index (χ2n) is 5.16. The van der Waals surface area contributed by atoms with Crippen LogP contribution in [0.3, 0.4) is 0 Å². The van der Waals surface area contributed by atoms with Crippen LogP contribution in [-0.4, -0.2) is 24.2 Å². The first-order valence-electron chi connectivity index (χ1n) is 6.47. The third kappa shape index (κ3) is 2.29. The summed E-state index contributed by atoms with van der Waals surface area (Å²) in [7, 11) is 3.97. The third-order valence-corrected chi connectivity index (χ3v) is 3.73. The minimum Gasteiger partial charge on any atom is -0.384 e. The number of hydrogen-bond acceptors (Lipinski definition) is 3. The van der Waals surface area contributed by atoms with Gasteiger partial charge in [-0.05, 0) is 43.7 Å². The molecule has 17 heavy (non-hydrogen) atoms. The van der Waals surface area contributed by atoms with E-state index in [2.05, 4.69) is 11.1 Å². The molecule has 94 valence electrons. The van der Waals surface area contributed by atoms with Crippen molar-refractivity contribution in [3.63, 3.8) is 0 Å². The van der Waals surface area contributed by atoms with Crippen LogP contribution in [0.1, 0.15) is 43.9 Å². The van der Waals surface area contributed by atoms with Crippen LogP contribution in [0.25, 0.3) is 0 Å². The highest BCUT2D eigenvalue weighted by Gasteiger charge is 2.33. The van der Waals surface area contributed by atoms with Crippen molar-refractivity contribution in [1.29, 1.82) is 0 Å². The van der Waals surface area contributed by atoms with Crippen LogP contribution < -0.4 is 4.90 Å². The second kappa shape index (κ2) is 4.65. The van der Waals surface area contributed by atoms with Crippen molar-refractivity contribution in [2.24, 2.45) is 0 Å². The number of nitrogens with zero attached hydrogens (tertiary/aromatic N) is 2. The van der Waals surface area contributed by atoms with Crippen molar-refractivity contribution in [3.05, 3.63) is 23.4 Å². The Kier molecular flexibility index (Phi) is 3.38. The van der Waals surface area contributed by atoms with Crippen LogP contribution in [0.4, 0.5) is 5.82 Å². The second-order valence-corrected chi connectivity index (χ2v) is 5.16. The van der Waals surface area contributed by atoms with Crippen LogP contribution in [0.15, 0.2) is 12.1 Å². The van der Waals surface area contributed by atoms with E-state index in [9.17, 15) is 5.11 Å². The lowest BCUT2D eigenvalue weighted by Crippen LogP contribution is -2.27. The summed E-state index contributed by atoms with van der Waals surface area (Å²) < 4.78 is 0. The first-order valence-corrected chi connectivity index (χ1v) is 6.47. The highest BCUT2D eigenvalue weighted by Crippen LogP contribution is 2.36. The minimum absolute atomic E-state index is 0.724. The third-order valence-electron chi connectivity index (χ3n) is 3.73. The molecule has 1 aromatic rings. The molecule has 0 aliphatic heterocycles. The summed E-state index contributed by atoms with van der Waals surface area (Å²) in [6, 6.07) is 4.17. The zero-order valence-corrected chi connectivity index (χ0v) is 11.0. The van der Waals surface area contributed by atoms with E-state index >= 15 is 0 Å². The van der Waals surface area contributed by atoms with Gasteiger partial charge in [-0.2, -0.15) is 0 Å². The van der Waals surface area contributed by atoms with Gasteiger partial charge in [0.2, 0.25) is 0 Å². The molecule has 1 N–H and O–H groups in total. The van der Waals surface area contributed by atoms with Crippen LogP contribution in [0.2, 0.25) is 0 Å². The van der Waals surface area contributed by atoms with Crippen LogP contribution in [0, 0.1) is 0 Å². The van der Waals surface area contributed by atoms with Gasteiger partial charge in [0.15, 0.2) is 0 Å². The van der Waals surface area contributed by atoms with E-state index < -0.39 is 5.60 Å². The fourth-order valence-electron chi connectivity index (χ4n) is 2.53. The summed E-state index contributed by atoms with van der Waals surface area (Å²) in [5, 5.41) is 10.7. The summed E-state index contributed by atoms with van der Waals surface area (Å²) in [6.45, 7) is 2.04. The monoisotopic (exact) mass is 234 g/mol. The molecule has 3 heteroatoms. The van der Waals surface area contributed by atoms with E-state index in [1.54, 1.807) is 0 Å². The van der Waals surface area contributed by atoms with Gasteiger partial charge in [0.25, 0.3) is 0 Å². The molecule has 0 spiro atoms. The average molecular weight is 234 g/mol. The Balaban J connectivity index is 2.50. The Morgan fingerprint density at radius 2 is 2.12 bits per heavy atom. The van der Waals surface area contributed by atoms with Crippen molar-refractivity contribution in [1.82, 2.24) is 4.98 Å². The normalized spacial score (nSPS) is 24.0. The zero-order valence-electron chi connectivity index (χ0n) is 11.0. The molecule has 0 aromatic carbocycles. The summed E-state index contributed by atoms with van der Waals surface area (Å²) in [4.78, 5) is 6.66. The molecule has 3 nitrogen and oxygen atoms in total. The SMILES string of the molecule is CCC1(O)CCCCc2ccc(N(C)C)nc21. The Hall–Kier alpha value is -1.09. The molecule has 1 aliphatic carbocycles. The summed E-state index contributed by atoms with van der Waals surface area (Å²) in [6.07, 6.45) is 4.85. The van der Waals surface area contributed by atoms with E-state index in [1.807, 2.05) is 32.0 Å². The van der Waals surface area contributed by atoms with Gasteiger partial charge in [-0.15, -0.1) is 0 Å². The Morgan fingerprint density at radius 1 is 1.35 bits per heavy atom. The van der Waals surface area contributed by atoms with Gasteiger partial charge >= 0.3 is 0 Å². The lowest BCUT2D eigenvalue weighted by molar-refractivity contribution is 0.0187. The maximum Gasteiger partial charge on any atom is 0.128 e. The zero-order chi connectivity index (χ0) is 12.5. The van der Waals surface area contributed by atoms with E-state index in [-0.39, 0.29) is 0 Å². The molecule has 0 saturated carbocycles. The maximum absolute atomic E-state index is 10.7. The van der Waals surface area contributed by atoms with Crippen molar-refractivity contribution in [2.75, 3.05) is 19.0 Å². The Labute approximate surface area is 103 Å². The molecule has 0 fully saturated rings. The van der Waals surface area contributed by atoms with Crippen LogP contribution >= 0.6 is 0 Å². The molecule has 1 atom stereocenters. The number of rotatable bonds is 2. The number of anilines is 1. The molecule has 0 radical (unpaired) electrons. The quantitative estimate of drug-likeness (QED) is 0.799. The van der Waals surface area contributed by atoms with Gasteiger partial charge in [-0.1, -0.05) is 13.0 Å². The molecule has 1 aliphatic rings. The van der Waals surface area contributed by atoms with E-state index in [4.69, 9.17) is 0 Å². The number of fused-ring (bicyclic) bond motifs is 1. The molecular weight excluding hydrogens is 212 g/mol. The van der Waals surface area contributed by atoms with Crippen molar-refractivity contribution in [3.8, 4) is 0 Å². The highest BCUT2D eigenvalue weighted by atomic mass is 16.3.